The first kappa shape index (κ1) is 16.3. The number of rotatable bonds is 6. The molecule has 3 aromatic rings. The number of fused-ring (bicyclic) bond motifs is 1. The summed E-state index contributed by atoms with van der Waals surface area (Å²) in [5.74, 6) is -0.0743. The highest BCUT2D eigenvalue weighted by atomic mass is 19.1. The van der Waals surface area contributed by atoms with Gasteiger partial charge in [-0.1, -0.05) is 36.4 Å². The van der Waals surface area contributed by atoms with E-state index < -0.39 is 0 Å². The van der Waals surface area contributed by atoms with Crippen molar-refractivity contribution in [3.63, 3.8) is 0 Å². The quantitative estimate of drug-likeness (QED) is 0.725. The van der Waals surface area contributed by atoms with Crippen molar-refractivity contribution >= 4 is 17.0 Å². The molecule has 3 rings (SSSR count). The fraction of sp³-hybridized carbons (Fsp3) is 0.200. The molecule has 1 N–H and O–H groups in total. The molecular weight excluding hydrogens is 303 g/mol. The smallest absolute Gasteiger partial charge is 0.165 e. The summed E-state index contributed by atoms with van der Waals surface area (Å²) < 4.78 is 18.6. The number of halogens is 1. The average molecular weight is 324 g/mol. The van der Waals surface area contributed by atoms with Crippen molar-refractivity contribution in [2.24, 2.45) is 0 Å². The largest absolute Gasteiger partial charge is 0.494 e. The zero-order chi connectivity index (χ0) is 16.9. The molecule has 0 saturated heterocycles. The first-order chi connectivity index (χ1) is 11.7. The molecule has 0 unspecified atom stereocenters. The number of H-pyrrole nitrogens is 1. The number of likely N-dealkylation sites (N-methyl/N-ethyl adjacent to an activating group) is 1. The van der Waals surface area contributed by atoms with Gasteiger partial charge in [0.25, 0.3) is 0 Å². The molecule has 24 heavy (non-hydrogen) atoms. The topological polar surface area (TPSA) is 28.3 Å². The minimum Gasteiger partial charge on any atom is -0.494 e. The SMILES string of the molecule is COc1ccc(/C=C/CN(C)Cc2cccc3cc[nH]c23)cc1F. The van der Waals surface area contributed by atoms with Gasteiger partial charge in [-0.3, -0.25) is 4.90 Å². The van der Waals surface area contributed by atoms with E-state index in [1.807, 2.05) is 24.4 Å². The second-order valence-corrected chi connectivity index (χ2v) is 5.85. The first-order valence-corrected chi connectivity index (χ1v) is 7.91. The van der Waals surface area contributed by atoms with E-state index in [-0.39, 0.29) is 11.6 Å². The molecule has 0 aliphatic heterocycles. The summed E-state index contributed by atoms with van der Waals surface area (Å²) in [5, 5.41) is 1.23. The summed E-state index contributed by atoms with van der Waals surface area (Å²) in [6.07, 6.45) is 5.93. The van der Waals surface area contributed by atoms with Gasteiger partial charge in [-0.05, 0) is 41.8 Å². The van der Waals surface area contributed by atoms with E-state index >= 15 is 0 Å². The van der Waals surface area contributed by atoms with Crippen LogP contribution in [0, 0.1) is 5.82 Å². The molecule has 0 bridgehead atoms. The van der Waals surface area contributed by atoms with E-state index in [1.54, 1.807) is 6.07 Å². The van der Waals surface area contributed by atoms with Gasteiger partial charge >= 0.3 is 0 Å². The zero-order valence-electron chi connectivity index (χ0n) is 13.9. The van der Waals surface area contributed by atoms with Crippen molar-refractivity contribution in [3.8, 4) is 5.75 Å². The van der Waals surface area contributed by atoms with E-state index in [0.717, 1.165) is 18.7 Å². The maximum absolute atomic E-state index is 13.7. The summed E-state index contributed by atoms with van der Waals surface area (Å²) in [4.78, 5) is 5.51. The zero-order valence-corrected chi connectivity index (χ0v) is 13.9. The standard InChI is InChI=1S/C20H21FN2O/c1-23(14-17-7-3-6-16-10-11-22-20(16)17)12-4-5-15-8-9-19(24-2)18(21)13-15/h3-11,13,22H,12,14H2,1-2H3/b5-4+. The highest BCUT2D eigenvalue weighted by molar-refractivity contribution is 5.82. The second kappa shape index (κ2) is 7.32. The van der Waals surface area contributed by atoms with Crippen LogP contribution in [0.25, 0.3) is 17.0 Å². The molecule has 0 aliphatic rings. The van der Waals surface area contributed by atoms with Gasteiger partial charge in [-0.15, -0.1) is 0 Å². The summed E-state index contributed by atoms with van der Waals surface area (Å²) >= 11 is 0. The number of benzene rings is 2. The van der Waals surface area contributed by atoms with E-state index in [1.165, 1.54) is 29.6 Å². The Balaban J connectivity index is 1.62. The normalized spacial score (nSPS) is 11.7. The molecule has 0 amide bonds. The monoisotopic (exact) mass is 324 g/mol. The minimum absolute atomic E-state index is 0.267. The minimum atomic E-state index is -0.341. The summed E-state index contributed by atoms with van der Waals surface area (Å²) in [7, 11) is 3.54. The van der Waals surface area contributed by atoms with E-state index in [0.29, 0.717) is 0 Å². The van der Waals surface area contributed by atoms with Gasteiger partial charge in [0.05, 0.1) is 7.11 Å². The number of aromatic nitrogens is 1. The highest BCUT2D eigenvalue weighted by Gasteiger charge is 2.05. The maximum atomic E-state index is 13.7. The molecular formula is C20H21FN2O. The number of nitrogens with one attached hydrogen (secondary N) is 1. The van der Waals surface area contributed by atoms with Crippen molar-refractivity contribution in [3.05, 3.63) is 71.7 Å². The van der Waals surface area contributed by atoms with Gasteiger partial charge in [0.1, 0.15) is 0 Å². The number of methoxy groups -OCH3 is 1. The molecule has 0 spiro atoms. The molecule has 0 radical (unpaired) electrons. The van der Waals surface area contributed by atoms with Crippen LogP contribution in [0.15, 0.2) is 54.7 Å². The van der Waals surface area contributed by atoms with Crippen LogP contribution in [0.1, 0.15) is 11.1 Å². The molecule has 0 aliphatic carbocycles. The molecule has 0 fully saturated rings. The van der Waals surface area contributed by atoms with Crippen molar-refractivity contribution in [2.75, 3.05) is 20.7 Å². The Kier molecular flexibility index (Phi) is 4.96. The van der Waals surface area contributed by atoms with Gasteiger partial charge < -0.3 is 9.72 Å². The first-order valence-electron chi connectivity index (χ1n) is 7.91. The number of ether oxygens (including phenoxy) is 1. The molecule has 4 heteroatoms. The van der Waals surface area contributed by atoms with Gasteiger partial charge in [0, 0.05) is 24.8 Å². The van der Waals surface area contributed by atoms with Crippen LogP contribution >= 0.6 is 0 Å². The van der Waals surface area contributed by atoms with Gasteiger partial charge in [-0.25, -0.2) is 4.39 Å². The molecule has 124 valence electrons. The Morgan fingerprint density at radius 1 is 1.21 bits per heavy atom. The number of hydrogen-bond acceptors (Lipinski definition) is 2. The van der Waals surface area contributed by atoms with Crippen LogP contribution < -0.4 is 4.74 Å². The van der Waals surface area contributed by atoms with E-state index in [2.05, 4.69) is 41.2 Å². The third kappa shape index (κ3) is 3.66. The molecule has 2 aromatic carbocycles. The maximum Gasteiger partial charge on any atom is 0.165 e. The van der Waals surface area contributed by atoms with E-state index in [4.69, 9.17) is 4.74 Å². The summed E-state index contributed by atoms with van der Waals surface area (Å²) in [6, 6.07) is 13.4. The lowest BCUT2D eigenvalue weighted by Crippen LogP contribution is -2.17. The Labute approximate surface area is 141 Å². The van der Waals surface area contributed by atoms with Crippen molar-refractivity contribution in [2.45, 2.75) is 6.54 Å². The van der Waals surface area contributed by atoms with Crippen molar-refractivity contribution in [1.82, 2.24) is 9.88 Å². The van der Waals surface area contributed by atoms with Crippen LogP contribution in [-0.4, -0.2) is 30.6 Å². The fourth-order valence-corrected chi connectivity index (χ4v) is 2.79. The summed E-state index contributed by atoms with van der Waals surface area (Å²) in [6.45, 7) is 1.63. The summed E-state index contributed by atoms with van der Waals surface area (Å²) in [5.41, 5.74) is 3.28. The lowest BCUT2D eigenvalue weighted by atomic mass is 10.1. The lowest BCUT2D eigenvalue weighted by molar-refractivity contribution is 0.365. The van der Waals surface area contributed by atoms with Gasteiger partial charge in [0.15, 0.2) is 11.6 Å². The number of para-hydroxylation sites is 1. The second-order valence-electron chi connectivity index (χ2n) is 5.85. The predicted molar refractivity (Wildman–Crippen MR) is 96.6 cm³/mol. The Bertz CT molecular complexity index is 854. The average Bonchev–Trinajstić information content (AvgIpc) is 3.05. The molecule has 1 aromatic heterocycles. The highest BCUT2D eigenvalue weighted by Crippen LogP contribution is 2.19. The van der Waals surface area contributed by atoms with Crippen LogP contribution in [0.3, 0.4) is 0 Å². The van der Waals surface area contributed by atoms with E-state index in [9.17, 15) is 4.39 Å². The lowest BCUT2D eigenvalue weighted by Gasteiger charge is -2.15. The molecule has 0 saturated carbocycles. The number of aromatic amines is 1. The molecule has 0 atom stereocenters. The van der Waals surface area contributed by atoms with Gasteiger partial charge in [-0.2, -0.15) is 0 Å². The Morgan fingerprint density at radius 2 is 2.08 bits per heavy atom. The van der Waals surface area contributed by atoms with Crippen LogP contribution in [-0.2, 0) is 6.54 Å². The molecule has 1 heterocycles. The number of hydrogen-bond donors (Lipinski definition) is 1. The van der Waals surface area contributed by atoms with Crippen LogP contribution in [0.5, 0.6) is 5.75 Å². The van der Waals surface area contributed by atoms with Crippen LogP contribution in [0.2, 0.25) is 0 Å². The van der Waals surface area contributed by atoms with Crippen molar-refractivity contribution in [1.29, 1.82) is 0 Å². The molecule has 3 nitrogen and oxygen atoms in total. The fourth-order valence-electron chi connectivity index (χ4n) is 2.79. The number of nitrogens with zero attached hydrogens (tertiary/aromatic N) is 1. The third-order valence-electron chi connectivity index (χ3n) is 4.02. The Morgan fingerprint density at radius 3 is 2.88 bits per heavy atom. The predicted octanol–water partition coefficient (Wildman–Crippen LogP) is 4.46. The van der Waals surface area contributed by atoms with Crippen molar-refractivity contribution < 1.29 is 9.13 Å². The van der Waals surface area contributed by atoms with Gasteiger partial charge in [0.2, 0.25) is 0 Å². The van der Waals surface area contributed by atoms with Crippen LogP contribution in [0.4, 0.5) is 4.39 Å². The third-order valence-corrected chi connectivity index (χ3v) is 4.02. The Hall–Kier alpha value is -2.59.